The van der Waals surface area contributed by atoms with Crippen molar-refractivity contribution in [1.29, 1.82) is 0 Å². The van der Waals surface area contributed by atoms with Crippen LogP contribution in [0.2, 0.25) is 0 Å². The quantitative estimate of drug-likeness (QED) is 0.882. The maximum Gasteiger partial charge on any atom is 0.326 e. The Morgan fingerprint density at radius 1 is 1.32 bits per heavy atom. The Hall–Kier alpha value is -1.88. The largest absolute Gasteiger partial charge is 0.461 e. The second-order valence-electron chi connectivity index (χ2n) is 6.13. The van der Waals surface area contributed by atoms with Crippen LogP contribution in [0, 0.1) is 5.92 Å². The van der Waals surface area contributed by atoms with E-state index in [1.165, 1.54) is 0 Å². The van der Waals surface area contributed by atoms with E-state index >= 15 is 0 Å². The molecule has 0 unspecified atom stereocenters. The zero-order valence-electron chi connectivity index (χ0n) is 12.9. The average Bonchev–Trinajstić information content (AvgIpc) is 2.87. The first-order valence-electron chi connectivity index (χ1n) is 7.92. The number of benzene rings is 1. The van der Waals surface area contributed by atoms with Crippen LogP contribution < -0.4 is 0 Å². The Kier molecular flexibility index (Phi) is 4.43. The van der Waals surface area contributed by atoms with Gasteiger partial charge in [0.25, 0.3) is 0 Å². The van der Waals surface area contributed by atoms with Crippen molar-refractivity contribution in [2.45, 2.75) is 51.9 Å². The van der Waals surface area contributed by atoms with E-state index in [4.69, 9.17) is 4.74 Å². The number of aliphatic hydroxyl groups is 1. The Balaban J connectivity index is 1.71. The molecule has 0 bridgehead atoms. The van der Waals surface area contributed by atoms with E-state index in [0.29, 0.717) is 5.82 Å². The Labute approximate surface area is 129 Å². The molecule has 118 valence electrons. The molecule has 2 aromatic rings. The van der Waals surface area contributed by atoms with Crippen LogP contribution in [0.15, 0.2) is 24.3 Å². The molecule has 3 rings (SSSR count). The Morgan fingerprint density at radius 2 is 2.05 bits per heavy atom. The molecule has 1 N–H and O–H groups in total. The summed E-state index contributed by atoms with van der Waals surface area (Å²) in [7, 11) is 0. The predicted octanol–water partition coefficient (Wildman–Crippen LogP) is 2.65. The molecule has 1 aromatic heterocycles. The van der Waals surface area contributed by atoms with E-state index < -0.39 is 0 Å². The highest BCUT2D eigenvalue weighted by Crippen LogP contribution is 2.26. The molecule has 0 radical (unpaired) electrons. The number of rotatable bonds is 4. The lowest BCUT2D eigenvalue weighted by molar-refractivity contribution is -0.151. The van der Waals surface area contributed by atoms with E-state index in [1.807, 2.05) is 24.3 Å². The van der Waals surface area contributed by atoms with Crippen molar-refractivity contribution in [2.24, 2.45) is 5.92 Å². The fourth-order valence-corrected chi connectivity index (χ4v) is 3.12. The van der Waals surface area contributed by atoms with Crippen molar-refractivity contribution in [3.63, 3.8) is 0 Å². The van der Waals surface area contributed by atoms with Crippen molar-refractivity contribution >= 4 is 17.0 Å². The minimum Gasteiger partial charge on any atom is -0.461 e. The molecule has 1 aliphatic carbocycles. The number of aromatic nitrogens is 2. The topological polar surface area (TPSA) is 64.3 Å². The standard InChI is InChI=1S/C17H22N2O3/c1-12-6-8-13(9-7-12)22-17(21)10-19-15-5-3-2-4-14(15)18-16(19)11-20/h2-5,12-13,20H,6-11H2,1H3. The highest BCUT2D eigenvalue weighted by molar-refractivity contribution is 5.78. The summed E-state index contributed by atoms with van der Waals surface area (Å²) < 4.78 is 7.33. The number of hydrogen-bond acceptors (Lipinski definition) is 4. The number of para-hydroxylation sites is 2. The van der Waals surface area contributed by atoms with Crippen LogP contribution in [0.4, 0.5) is 0 Å². The zero-order valence-corrected chi connectivity index (χ0v) is 12.9. The summed E-state index contributed by atoms with van der Waals surface area (Å²) >= 11 is 0. The lowest BCUT2D eigenvalue weighted by Crippen LogP contribution is -2.26. The van der Waals surface area contributed by atoms with Gasteiger partial charge in [0.05, 0.1) is 11.0 Å². The normalized spacial score (nSPS) is 21.9. The van der Waals surface area contributed by atoms with Crippen molar-refractivity contribution in [3.8, 4) is 0 Å². The number of esters is 1. The summed E-state index contributed by atoms with van der Waals surface area (Å²) in [6.45, 7) is 2.15. The van der Waals surface area contributed by atoms with Crippen LogP contribution in [-0.2, 0) is 22.7 Å². The zero-order chi connectivity index (χ0) is 15.5. The first kappa shape index (κ1) is 15.0. The molecule has 1 saturated carbocycles. The molecule has 0 aliphatic heterocycles. The highest BCUT2D eigenvalue weighted by atomic mass is 16.5. The molecule has 1 aliphatic rings. The average molecular weight is 302 g/mol. The minimum atomic E-state index is -0.252. The smallest absolute Gasteiger partial charge is 0.326 e. The van der Waals surface area contributed by atoms with Crippen LogP contribution in [0.1, 0.15) is 38.4 Å². The number of aliphatic hydroxyl groups excluding tert-OH is 1. The summed E-state index contributed by atoms with van der Waals surface area (Å²) in [5, 5.41) is 9.45. The van der Waals surface area contributed by atoms with Gasteiger partial charge in [-0.1, -0.05) is 19.1 Å². The van der Waals surface area contributed by atoms with Gasteiger partial charge in [-0.05, 0) is 43.7 Å². The molecule has 5 heteroatoms. The summed E-state index contributed by atoms with van der Waals surface area (Å²) in [4.78, 5) is 16.6. The van der Waals surface area contributed by atoms with Crippen LogP contribution in [0.3, 0.4) is 0 Å². The number of ether oxygens (including phenoxy) is 1. The van der Waals surface area contributed by atoms with Gasteiger partial charge in [0.15, 0.2) is 0 Å². The molecule has 1 heterocycles. The van der Waals surface area contributed by atoms with Gasteiger partial charge in [-0.2, -0.15) is 0 Å². The summed E-state index contributed by atoms with van der Waals surface area (Å²) in [6.07, 6.45) is 4.17. The van der Waals surface area contributed by atoms with Gasteiger partial charge in [0.2, 0.25) is 0 Å². The SMILES string of the molecule is CC1CCC(OC(=O)Cn2c(CO)nc3ccccc32)CC1. The second-order valence-corrected chi connectivity index (χ2v) is 6.13. The fraction of sp³-hybridized carbons (Fsp3) is 0.529. The molecule has 0 atom stereocenters. The van der Waals surface area contributed by atoms with Crippen molar-refractivity contribution < 1.29 is 14.6 Å². The number of imidazole rings is 1. The summed E-state index contributed by atoms with van der Waals surface area (Å²) in [6, 6.07) is 7.56. The van der Waals surface area contributed by atoms with Crippen LogP contribution in [0.5, 0.6) is 0 Å². The van der Waals surface area contributed by atoms with E-state index in [9.17, 15) is 9.90 Å². The fourth-order valence-electron chi connectivity index (χ4n) is 3.12. The van der Waals surface area contributed by atoms with Crippen LogP contribution in [0.25, 0.3) is 11.0 Å². The van der Waals surface area contributed by atoms with Gasteiger partial charge < -0.3 is 14.4 Å². The highest BCUT2D eigenvalue weighted by Gasteiger charge is 2.22. The van der Waals surface area contributed by atoms with Gasteiger partial charge in [-0.25, -0.2) is 4.98 Å². The Morgan fingerprint density at radius 3 is 2.77 bits per heavy atom. The third-order valence-corrected chi connectivity index (χ3v) is 4.42. The number of fused-ring (bicyclic) bond motifs is 1. The summed E-state index contributed by atoms with van der Waals surface area (Å²) in [5.41, 5.74) is 1.63. The van der Waals surface area contributed by atoms with Gasteiger partial charge >= 0.3 is 5.97 Å². The van der Waals surface area contributed by atoms with E-state index in [2.05, 4.69) is 11.9 Å². The number of carbonyl (C=O) groups excluding carboxylic acids is 1. The maximum absolute atomic E-state index is 12.2. The number of nitrogens with zero attached hydrogens (tertiary/aromatic N) is 2. The van der Waals surface area contributed by atoms with Gasteiger partial charge in [0.1, 0.15) is 25.1 Å². The molecular formula is C17H22N2O3. The van der Waals surface area contributed by atoms with Crippen LogP contribution >= 0.6 is 0 Å². The van der Waals surface area contributed by atoms with Gasteiger partial charge in [-0.3, -0.25) is 4.79 Å². The monoisotopic (exact) mass is 302 g/mol. The van der Waals surface area contributed by atoms with Crippen LogP contribution in [-0.4, -0.2) is 26.7 Å². The van der Waals surface area contributed by atoms with Crippen molar-refractivity contribution in [3.05, 3.63) is 30.1 Å². The predicted molar refractivity (Wildman–Crippen MR) is 83.2 cm³/mol. The molecule has 5 nitrogen and oxygen atoms in total. The Bertz CT molecular complexity index is 657. The second kappa shape index (κ2) is 6.48. The van der Waals surface area contributed by atoms with Crippen molar-refractivity contribution in [1.82, 2.24) is 9.55 Å². The van der Waals surface area contributed by atoms with Gasteiger partial charge in [-0.15, -0.1) is 0 Å². The number of carbonyl (C=O) groups is 1. The molecular weight excluding hydrogens is 280 g/mol. The minimum absolute atomic E-state index is 0.0380. The molecule has 1 aromatic carbocycles. The van der Waals surface area contributed by atoms with Crippen molar-refractivity contribution in [2.75, 3.05) is 0 Å². The third-order valence-electron chi connectivity index (χ3n) is 4.42. The molecule has 0 spiro atoms. The lowest BCUT2D eigenvalue weighted by atomic mass is 9.89. The first-order valence-corrected chi connectivity index (χ1v) is 7.92. The van der Waals surface area contributed by atoms with E-state index in [-0.39, 0.29) is 25.2 Å². The molecule has 1 fully saturated rings. The van der Waals surface area contributed by atoms with E-state index in [1.54, 1.807) is 4.57 Å². The van der Waals surface area contributed by atoms with Gasteiger partial charge in [0, 0.05) is 0 Å². The number of hydrogen-bond donors (Lipinski definition) is 1. The maximum atomic E-state index is 12.2. The molecule has 22 heavy (non-hydrogen) atoms. The molecule has 0 saturated heterocycles. The molecule has 0 amide bonds. The lowest BCUT2D eigenvalue weighted by Gasteiger charge is -2.26. The third kappa shape index (κ3) is 3.14. The first-order chi connectivity index (χ1) is 10.7. The summed E-state index contributed by atoms with van der Waals surface area (Å²) in [5.74, 6) is 0.973. The van der Waals surface area contributed by atoms with E-state index in [0.717, 1.165) is 42.6 Å².